The quantitative estimate of drug-likeness (QED) is 0.310. The average Bonchev–Trinajstić information content (AvgIpc) is 2.90. The first-order valence-electron chi connectivity index (χ1n) is 12.7. The molecule has 0 saturated heterocycles. The van der Waals surface area contributed by atoms with E-state index in [0.29, 0.717) is 18.0 Å². The minimum absolute atomic E-state index is 0.0201. The first kappa shape index (κ1) is 30.2. The summed E-state index contributed by atoms with van der Waals surface area (Å²) in [5, 5.41) is 2.85. The van der Waals surface area contributed by atoms with Gasteiger partial charge in [-0.05, 0) is 81.8 Å². The van der Waals surface area contributed by atoms with E-state index in [1.54, 1.807) is 49.4 Å². The van der Waals surface area contributed by atoms with Crippen LogP contribution in [0.4, 0.5) is 5.69 Å². The van der Waals surface area contributed by atoms with Crippen LogP contribution in [0, 0.1) is 0 Å². The molecule has 0 aliphatic heterocycles. The first-order chi connectivity index (χ1) is 18.5. The minimum Gasteiger partial charge on any atom is -0.494 e. The number of rotatable bonds is 12. The van der Waals surface area contributed by atoms with Crippen LogP contribution in [-0.4, -0.2) is 50.4 Å². The lowest BCUT2D eigenvalue weighted by atomic mass is 10.1. The van der Waals surface area contributed by atoms with E-state index in [0.717, 1.165) is 14.3 Å². The number of amides is 2. The second-order valence-corrected chi connectivity index (χ2v) is 12.0. The molecule has 0 fully saturated rings. The largest absolute Gasteiger partial charge is 0.494 e. The molecule has 0 bridgehead atoms. The van der Waals surface area contributed by atoms with Crippen LogP contribution < -0.4 is 14.4 Å². The van der Waals surface area contributed by atoms with Crippen molar-refractivity contribution in [2.75, 3.05) is 17.5 Å². The number of anilines is 1. The van der Waals surface area contributed by atoms with Crippen LogP contribution in [-0.2, 0) is 26.2 Å². The highest BCUT2D eigenvalue weighted by Crippen LogP contribution is 2.26. The Hall–Kier alpha value is -3.37. The molecule has 208 valence electrons. The summed E-state index contributed by atoms with van der Waals surface area (Å²) in [5.74, 6) is -0.294. The van der Waals surface area contributed by atoms with Crippen molar-refractivity contribution in [3.05, 3.63) is 88.9 Å². The van der Waals surface area contributed by atoms with Gasteiger partial charge in [-0.15, -0.1) is 0 Å². The van der Waals surface area contributed by atoms with E-state index in [9.17, 15) is 18.0 Å². The lowest BCUT2D eigenvalue weighted by molar-refractivity contribution is -0.139. The van der Waals surface area contributed by atoms with Crippen LogP contribution in [0.15, 0.2) is 88.2 Å². The van der Waals surface area contributed by atoms with E-state index in [1.807, 2.05) is 45.0 Å². The van der Waals surface area contributed by atoms with Crippen LogP contribution in [0.2, 0.25) is 0 Å². The molecule has 10 heteroatoms. The van der Waals surface area contributed by atoms with Gasteiger partial charge in [-0.2, -0.15) is 0 Å². The molecule has 1 unspecified atom stereocenters. The number of sulfonamides is 1. The van der Waals surface area contributed by atoms with Crippen molar-refractivity contribution in [2.24, 2.45) is 0 Å². The standard InChI is InChI=1S/C29H34BrN3O5S/c1-5-38-26-14-16-27(17-15-26)39(36,37)33(25-12-7-6-8-13-25)20-28(34)32(22(4)29(35)31-21(2)3)19-23-10-9-11-24(30)18-23/h6-18,21-22H,5,19-20H2,1-4H3,(H,31,35). The van der Waals surface area contributed by atoms with Crippen LogP contribution in [0.25, 0.3) is 0 Å². The molecule has 0 radical (unpaired) electrons. The van der Waals surface area contributed by atoms with Crippen molar-refractivity contribution < 1.29 is 22.7 Å². The molecule has 0 aromatic heterocycles. The van der Waals surface area contributed by atoms with Gasteiger partial charge >= 0.3 is 0 Å². The Morgan fingerprint density at radius 2 is 1.62 bits per heavy atom. The van der Waals surface area contributed by atoms with Crippen molar-refractivity contribution in [1.82, 2.24) is 10.2 Å². The molecule has 39 heavy (non-hydrogen) atoms. The number of ether oxygens (including phenoxy) is 1. The predicted molar refractivity (Wildman–Crippen MR) is 156 cm³/mol. The number of nitrogens with zero attached hydrogens (tertiary/aromatic N) is 2. The second kappa shape index (κ2) is 13.6. The third kappa shape index (κ3) is 8.06. The normalized spacial score (nSPS) is 12.1. The SMILES string of the molecule is CCOc1ccc(S(=O)(=O)N(CC(=O)N(Cc2cccc(Br)c2)C(C)C(=O)NC(C)C)c2ccccc2)cc1. The van der Waals surface area contributed by atoms with Crippen molar-refractivity contribution in [1.29, 1.82) is 0 Å². The van der Waals surface area contributed by atoms with Crippen LogP contribution in [0.3, 0.4) is 0 Å². The van der Waals surface area contributed by atoms with Crippen molar-refractivity contribution >= 4 is 43.5 Å². The van der Waals surface area contributed by atoms with E-state index in [4.69, 9.17) is 4.74 Å². The van der Waals surface area contributed by atoms with Gasteiger partial charge in [0.15, 0.2) is 0 Å². The van der Waals surface area contributed by atoms with E-state index in [-0.39, 0.29) is 23.4 Å². The fourth-order valence-electron chi connectivity index (χ4n) is 3.94. The molecule has 0 aliphatic carbocycles. The third-order valence-corrected chi connectivity index (χ3v) is 8.17. The third-order valence-electron chi connectivity index (χ3n) is 5.89. The summed E-state index contributed by atoms with van der Waals surface area (Å²) in [4.78, 5) is 28.3. The van der Waals surface area contributed by atoms with Crippen LogP contribution >= 0.6 is 15.9 Å². The molecule has 0 heterocycles. The van der Waals surface area contributed by atoms with E-state index in [1.165, 1.54) is 17.0 Å². The maximum atomic E-state index is 13.9. The number of hydrogen-bond acceptors (Lipinski definition) is 5. The molecule has 2 amide bonds. The summed E-state index contributed by atoms with van der Waals surface area (Å²) in [7, 11) is -4.14. The Balaban J connectivity index is 1.99. The Kier molecular flexibility index (Phi) is 10.5. The van der Waals surface area contributed by atoms with Gasteiger partial charge in [0.2, 0.25) is 11.8 Å². The zero-order valence-electron chi connectivity index (χ0n) is 22.5. The van der Waals surface area contributed by atoms with Gasteiger partial charge in [-0.3, -0.25) is 13.9 Å². The molecule has 1 atom stereocenters. The Morgan fingerprint density at radius 3 is 2.21 bits per heavy atom. The number of halogens is 1. The Morgan fingerprint density at radius 1 is 0.949 bits per heavy atom. The van der Waals surface area contributed by atoms with Gasteiger partial charge in [-0.1, -0.05) is 46.3 Å². The van der Waals surface area contributed by atoms with Gasteiger partial charge in [0.1, 0.15) is 18.3 Å². The first-order valence-corrected chi connectivity index (χ1v) is 14.9. The van der Waals surface area contributed by atoms with E-state index in [2.05, 4.69) is 21.2 Å². The second-order valence-electron chi connectivity index (χ2n) is 9.24. The molecule has 8 nitrogen and oxygen atoms in total. The van der Waals surface area contributed by atoms with Gasteiger partial charge in [0.25, 0.3) is 10.0 Å². The fourth-order valence-corrected chi connectivity index (χ4v) is 5.81. The zero-order valence-corrected chi connectivity index (χ0v) is 24.9. The highest BCUT2D eigenvalue weighted by atomic mass is 79.9. The van der Waals surface area contributed by atoms with Crippen molar-refractivity contribution in [2.45, 2.75) is 51.2 Å². The average molecular weight is 617 g/mol. The molecule has 0 spiro atoms. The van der Waals surface area contributed by atoms with E-state index >= 15 is 0 Å². The van der Waals surface area contributed by atoms with Crippen molar-refractivity contribution in [3.8, 4) is 5.75 Å². The summed E-state index contributed by atoms with van der Waals surface area (Å²) >= 11 is 3.45. The number of para-hydroxylation sites is 1. The highest BCUT2D eigenvalue weighted by Gasteiger charge is 2.32. The van der Waals surface area contributed by atoms with Gasteiger partial charge < -0.3 is 15.0 Å². The van der Waals surface area contributed by atoms with Crippen LogP contribution in [0.5, 0.6) is 5.75 Å². The number of carbonyl (C=O) groups excluding carboxylic acids is 2. The molecule has 3 aromatic rings. The Bertz CT molecular complexity index is 1370. The molecule has 0 aliphatic rings. The Labute approximate surface area is 239 Å². The maximum Gasteiger partial charge on any atom is 0.264 e. The predicted octanol–water partition coefficient (Wildman–Crippen LogP) is 4.99. The van der Waals surface area contributed by atoms with E-state index < -0.39 is 28.5 Å². The summed E-state index contributed by atoms with van der Waals surface area (Å²) < 4.78 is 35.0. The molecular weight excluding hydrogens is 582 g/mol. The summed E-state index contributed by atoms with van der Waals surface area (Å²) in [6.07, 6.45) is 0. The van der Waals surface area contributed by atoms with Gasteiger partial charge in [-0.25, -0.2) is 8.42 Å². The maximum absolute atomic E-state index is 13.9. The minimum atomic E-state index is -4.14. The number of benzene rings is 3. The highest BCUT2D eigenvalue weighted by molar-refractivity contribution is 9.10. The number of carbonyl (C=O) groups is 2. The lowest BCUT2D eigenvalue weighted by Gasteiger charge is -2.32. The zero-order chi connectivity index (χ0) is 28.6. The molecule has 0 saturated carbocycles. The summed E-state index contributed by atoms with van der Waals surface area (Å²) in [5.41, 5.74) is 1.13. The number of nitrogens with one attached hydrogen (secondary N) is 1. The monoisotopic (exact) mass is 615 g/mol. The number of hydrogen-bond donors (Lipinski definition) is 1. The lowest BCUT2D eigenvalue weighted by Crippen LogP contribution is -2.52. The smallest absolute Gasteiger partial charge is 0.264 e. The van der Waals surface area contributed by atoms with Gasteiger partial charge in [0.05, 0.1) is 17.2 Å². The molecule has 1 N–H and O–H groups in total. The van der Waals surface area contributed by atoms with Gasteiger partial charge in [0, 0.05) is 17.1 Å². The van der Waals surface area contributed by atoms with Crippen molar-refractivity contribution in [3.63, 3.8) is 0 Å². The summed E-state index contributed by atoms with van der Waals surface area (Å²) in [6, 6.07) is 21.0. The summed E-state index contributed by atoms with van der Waals surface area (Å²) in [6.45, 7) is 7.24. The fraction of sp³-hybridized carbons (Fsp3) is 0.310. The van der Waals surface area contributed by atoms with Crippen LogP contribution in [0.1, 0.15) is 33.3 Å². The molecular formula is C29H34BrN3O5S. The topological polar surface area (TPSA) is 96.0 Å². The molecule has 3 rings (SSSR count). The molecule has 3 aromatic carbocycles.